The summed E-state index contributed by atoms with van der Waals surface area (Å²) in [6.07, 6.45) is 3.04. The molecule has 0 radical (unpaired) electrons. The fourth-order valence-electron chi connectivity index (χ4n) is 4.04. The van der Waals surface area contributed by atoms with E-state index in [-0.39, 0.29) is 6.03 Å². The summed E-state index contributed by atoms with van der Waals surface area (Å²) in [6.45, 7) is 6.75. The fourth-order valence-corrected chi connectivity index (χ4v) is 4.04. The van der Waals surface area contributed by atoms with Crippen LogP contribution in [0.15, 0.2) is 24.3 Å². The van der Waals surface area contributed by atoms with Crippen molar-refractivity contribution in [1.82, 2.24) is 24.8 Å². The van der Waals surface area contributed by atoms with Crippen LogP contribution in [-0.4, -0.2) is 71.5 Å². The average Bonchev–Trinajstić information content (AvgIpc) is 3.19. The number of morpholine rings is 1. The second kappa shape index (κ2) is 10.6. The number of nitrogens with zero attached hydrogens (tertiary/aromatic N) is 4. The quantitative estimate of drug-likeness (QED) is 0.495. The van der Waals surface area contributed by atoms with E-state index in [1.165, 1.54) is 0 Å². The summed E-state index contributed by atoms with van der Waals surface area (Å²) in [4.78, 5) is 23.3. The Hall–Kier alpha value is -2.91. The second-order valence-electron chi connectivity index (χ2n) is 7.94. The molecule has 0 saturated carbocycles. The largest absolute Gasteiger partial charge is 0.382 e. The third-order valence-electron chi connectivity index (χ3n) is 5.72. The Kier molecular flexibility index (Phi) is 7.39. The molecule has 1 aliphatic rings. The van der Waals surface area contributed by atoms with Gasteiger partial charge in [-0.05, 0) is 12.5 Å². The van der Waals surface area contributed by atoms with Crippen LogP contribution >= 0.6 is 0 Å². The van der Waals surface area contributed by atoms with Crippen molar-refractivity contribution in [1.29, 1.82) is 0 Å². The number of rotatable bonds is 9. The molecule has 1 aromatic carbocycles. The van der Waals surface area contributed by atoms with Gasteiger partial charge in [-0.15, -0.1) is 0 Å². The number of pyridine rings is 1. The number of para-hydroxylation sites is 1. The van der Waals surface area contributed by atoms with Gasteiger partial charge in [0, 0.05) is 38.0 Å². The number of nitrogens with two attached hydrogens (primary N) is 1. The van der Waals surface area contributed by atoms with Crippen LogP contribution in [0.1, 0.15) is 25.6 Å². The van der Waals surface area contributed by atoms with E-state index in [1.54, 1.807) is 4.90 Å². The summed E-state index contributed by atoms with van der Waals surface area (Å²) >= 11 is 0. The number of aromatic nitrogens is 3. The van der Waals surface area contributed by atoms with E-state index in [0.717, 1.165) is 47.0 Å². The van der Waals surface area contributed by atoms with Gasteiger partial charge in [-0.1, -0.05) is 31.5 Å². The Bertz CT molecular complexity index is 1060. The molecule has 3 aromatic rings. The lowest BCUT2D eigenvalue weighted by molar-refractivity contribution is 0.0523. The molecule has 3 N–H and O–H groups in total. The molecular formula is C23H32N6O3. The molecule has 0 unspecified atom stereocenters. The van der Waals surface area contributed by atoms with Crippen LogP contribution < -0.4 is 11.1 Å². The number of amides is 2. The van der Waals surface area contributed by atoms with Crippen LogP contribution in [0, 0.1) is 0 Å². The first kappa shape index (κ1) is 22.3. The van der Waals surface area contributed by atoms with E-state index in [9.17, 15) is 4.79 Å². The Morgan fingerprint density at radius 1 is 1.22 bits per heavy atom. The molecule has 9 heteroatoms. The zero-order valence-corrected chi connectivity index (χ0v) is 18.7. The highest BCUT2D eigenvalue weighted by Gasteiger charge is 2.18. The number of ether oxygens (including phenoxy) is 2. The molecule has 2 amide bonds. The Balaban J connectivity index is 1.40. The number of nitrogen functional groups attached to an aromatic ring is 1. The molecule has 32 heavy (non-hydrogen) atoms. The summed E-state index contributed by atoms with van der Waals surface area (Å²) in [5.41, 5.74) is 8.89. The highest BCUT2D eigenvalue weighted by atomic mass is 16.5. The van der Waals surface area contributed by atoms with Crippen molar-refractivity contribution in [3.05, 3.63) is 30.1 Å². The molecule has 2 aromatic heterocycles. The number of carbonyl (C=O) groups is 1. The molecule has 172 valence electrons. The van der Waals surface area contributed by atoms with Crippen molar-refractivity contribution in [3.63, 3.8) is 0 Å². The molecule has 0 spiro atoms. The number of fused-ring (bicyclic) bond motifs is 3. The third kappa shape index (κ3) is 4.94. The van der Waals surface area contributed by atoms with Crippen molar-refractivity contribution in [2.24, 2.45) is 0 Å². The Morgan fingerprint density at radius 3 is 2.84 bits per heavy atom. The second-order valence-corrected chi connectivity index (χ2v) is 7.94. The fraction of sp³-hybridized carbons (Fsp3) is 0.522. The van der Waals surface area contributed by atoms with E-state index in [4.69, 9.17) is 20.2 Å². The maximum atomic E-state index is 12.1. The summed E-state index contributed by atoms with van der Waals surface area (Å²) < 4.78 is 13.3. The maximum absolute atomic E-state index is 12.1. The number of hydrogen-bond donors (Lipinski definition) is 2. The highest BCUT2D eigenvalue weighted by Crippen LogP contribution is 2.29. The van der Waals surface area contributed by atoms with E-state index in [0.29, 0.717) is 58.4 Å². The third-order valence-corrected chi connectivity index (χ3v) is 5.72. The number of hydrogen-bond acceptors (Lipinski definition) is 6. The Labute approximate surface area is 187 Å². The van der Waals surface area contributed by atoms with Crippen molar-refractivity contribution < 1.29 is 14.3 Å². The lowest BCUT2D eigenvalue weighted by atomic mass is 10.2. The number of imidazole rings is 1. The number of aryl methyl sites for hydroxylation is 1. The van der Waals surface area contributed by atoms with Crippen molar-refractivity contribution in [3.8, 4) is 0 Å². The van der Waals surface area contributed by atoms with Crippen molar-refractivity contribution in [2.75, 3.05) is 51.8 Å². The molecule has 9 nitrogen and oxygen atoms in total. The van der Waals surface area contributed by atoms with Crippen LogP contribution in [-0.2, 0) is 22.4 Å². The van der Waals surface area contributed by atoms with Crippen LogP contribution in [0.2, 0.25) is 0 Å². The van der Waals surface area contributed by atoms with Gasteiger partial charge in [0.25, 0.3) is 0 Å². The minimum Gasteiger partial charge on any atom is -0.382 e. The van der Waals surface area contributed by atoms with E-state index in [1.807, 2.05) is 18.2 Å². The first-order chi connectivity index (χ1) is 15.7. The molecular weight excluding hydrogens is 408 g/mol. The van der Waals surface area contributed by atoms with Gasteiger partial charge in [0.2, 0.25) is 0 Å². The molecule has 4 rings (SSSR count). The normalized spacial score (nSPS) is 14.3. The van der Waals surface area contributed by atoms with Crippen molar-refractivity contribution >= 4 is 33.8 Å². The Morgan fingerprint density at radius 2 is 2.03 bits per heavy atom. The predicted octanol–water partition coefficient (Wildman–Crippen LogP) is 2.57. The molecule has 0 aliphatic carbocycles. The van der Waals surface area contributed by atoms with E-state index >= 15 is 0 Å². The average molecular weight is 441 g/mol. The smallest absolute Gasteiger partial charge is 0.317 e. The SMILES string of the molecule is CCCCc1nc2c(N)nc3ccccc3c2n1CCOCCNC(=O)N1CCOCC1. The topological polar surface area (TPSA) is 108 Å². The number of unbranched alkanes of at least 4 members (excludes halogenated alkanes) is 1. The number of nitrogens with one attached hydrogen (secondary N) is 1. The zero-order chi connectivity index (χ0) is 22.3. The van der Waals surface area contributed by atoms with Gasteiger partial charge in [0.05, 0.1) is 37.5 Å². The van der Waals surface area contributed by atoms with Crippen LogP contribution in [0.4, 0.5) is 10.6 Å². The minimum absolute atomic E-state index is 0.0613. The first-order valence-corrected chi connectivity index (χ1v) is 11.4. The summed E-state index contributed by atoms with van der Waals surface area (Å²) in [5.74, 6) is 1.47. The zero-order valence-electron chi connectivity index (χ0n) is 18.7. The summed E-state index contributed by atoms with van der Waals surface area (Å²) in [6, 6.07) is 7.95. The van der Waals surface area contributed by atoms with Crippen molar-refractivity contribution in [2.45, 2.75) is 32.7 Å². The number of benzene rings is 1. The van der Waals surface area contributed by atoms with Gasteiger partial charge >= 0.3 is 6.03 Å². The lowest BCUT2D eigenvalue weighted by Gasteiger charge is -2.26. The molecule has 3 heterocycles. The first-order valence-electron chi connectivity index (χ1n) is 11.4. The summed E-state index contributed by atoms with van der Waals surface area (Å²) in [5, 5.41) is 3.96. The minimum atomic E-state index is -0.0613. The van der Waals surface area contributed by atoms with Gasteiger partial charge in [-0.25, -0.2) is 14.8 Å². The van der Waals surface area contributed by atoms with E-state index in [2.05, 4.69) is 27.9 Å². The molecule has 0 atom stereocenters. The van der Waals surface area contributed by atoms with Crippen LogP contribution in [0.25, 0.3) is 21.9 Å². The predicted molar refractivity (Wildman–Crippen MR) is 125 cm³/mol. The maximum Gasteiger partial charge on any atom is 0.317 e. The number of anilines is 1. The highest BCUT2D eigenvalue weighted by molar-refractivity contribution is 6.06. The van der Waals surface area contributed by atoms with Crippen LogP contribution in [0.3, 0.4) is 0 Å². The molecule has 1 saturated heterocycles. The van der Waals surface area contributed by atoms with Crippen LogP contribution in [0.5, 0.6) is 0 Å². The van der Waals surface area contributed by atoms with Gasteiger partial charge in [0.1, 0.15) is 11.3 Å². The van der Waals surface area contributed by atoms with Gasteiger partial charge in [-0.2, -0.15) is 0 Å². The lowest BCUT2D eigenvalue weighted by Crippen LogP contribution is -2.46. The monoisotopic (exact) mass is 440 g/mol. The summed E-state index contributed by atoms with van der Waals surface area (Å²) in [7, 11) is 0. The number of carbonyl (C=O) groups excluding carboxylic acids is 1. The molecule has 0 bridgehead atoms. The van der Waals surface area contributed by atoms with E-state index < -0.39 is 0 Å². The van der Waals surface area contributed by atoms with Gasteiger partial charge < -0.3 is 30.0 Å². The standard InChI is InChI=1S/C23H32N6O3/c1-2-3-8-19-27-20-21(17-6-4-5-7-18(17)26-22(20)24)29(19)12-16-31-13-9-25-23(30)28-10-14-32-15-11-28/h4-7H,2-3,8-16H2,1H3,(H2,24,26)(H,25,30). The number of urea groups is 1. The van der Waals surface area contributed by atoms with Gasteiger partial charge in [-0.3, -0.25) is 0 Å². The molecule has 1 fully saturated rings. The molecule has 1 aliphatic heterocycles. The van der Waals surface area contributed by atoms with Gasteiger partial charge in [0.15, 0.2) is 5.82 Å².